The maximum absolute atomic E-state index is 5.67. The van der Waals surface area contributed by atoms with Crippen molar-refractivity contribution in [3.8, 4) is 5.75 Å². The van der Waals surface area contributed by atoms with Crippen molar-refractivity contribution in [2.45, 2.75) is 19.9 Å². The van der Waals surface area contributed by atoms with E-state index in [-0.39, 0.29) is 6.04 Å². The van der Waals surface area contributed by atoms with Crippen LogP contribution in [0.3, 0.4) is 0 Å². The Bertz CT molecular complexity index is 638. The number of benzene rings is 2. The van der Waals surface area contributed by atoms with Gasteiger partial charge < -0.3 is 10.1 Å². The Labute approximate surface area is 143 Å². The maximum Gasteiger partial charge on any atom is 0.127 e. The first-order valence-electron chi connectivity index (χ1n) is 6.76. The van der Waals surface area contributed by atoms with Crippen LogP contribution in [-0.4, -0.2) is 14.2 Å². The third kappa shape index (κ3) is 3.33. The highest BCUT2D eigenvalue weighted by Gasteiger charge is 2.22. The summed E-state index contributed by atoms with van der Waals surface area (Å²) in [5.74, 6) is 0.943. The Morgan fingerprint density at radius 2 is 1.71 bits per heavy atom. The van der Waals surface area contributed by atoms with E-state index >= 15 is 0 Å². The lowest BCUT2D eigenvalue weighted by molar-refractivity contribution is 0.401. The normalized spacial score (nSPS) is 12.3. The first kappa shape index (κ1) is 16.5. The minimum Gasteiger partial charge on any atom is -0.496 e. The molecule has 1 unspecified atom stereocenters. The van der Waals surface area contributed by atoms with Crippen LogP contribution in [0.4, 0.5) is 0 Å². The van der Waals surface area contributed by atoms with Gasteiger partial charge in [-0.1, -0.05) is 44.0 Å². The van der Waals surface area contributed by atoms with Crippen molar-refractivity contribution in [2.75, 3.05) is 14.2 Å². The minimum atomic E-state index is 0.0873. The van der Waals surface area contributed by atoms with Gasteiger partial charge in [-0.25, -0.2) is 0 Å². The summed E-state index contributed by atoms with van der Waals surface area (Å²) >= 11 is 7.14. The van der Waals surface area contributed by atoms with Gasteiger partial charge in [-0.2, -0.15) is 0 Å². The molecule has 2 rings (SSSR count). The van der Waals surface area contributed by atoms with Gasteiger partial charge >= 0.3 is 0 Å². The average molecular weight is 413 g/mol. The van der Waals surface area contributed by atoms with Crippen LogP contribution in [-0.2, 0) is 0 Å². The highest BCUT2D eigenvalue weighted by molar-refractivity contribution is 9.10. The lowest BCUT2D eigenvalue weighted by Crippen LogP contribution is -2.20. The summed E-state index contributed by atoms with van der Waals surface area (Å²) in [7, 11) is 3.70. The monoisotopic (exact) mass is 411 g/mol. The number of halogens is 2. The van der Waals surface area contributed by atoms with E-state index in [4.69, 9.17) is 4.74 Å². The quantitative estimate of drug-likeness (QED) is 0.749. The zero-order valence-electron chi connectivity index (χ0n) is 12.6. The lowest BCUT2D eigenvalue weighted by Gasteiger charge is -2.24. The van der Waals surface area contributed by atoms with Crippen molar-refractivity contribution in [1.29, 1.82) is 0 Å². The second-order valence-electron chi connectivity index (χ2n) is 5.02. The summed E-state index contributed by atoms with van der Waals surface area (Å²) in [6.45, 7) is 4.19. The minimum absolute atomic E-state index is 0.0873. The van der Waals surface area contributed by atoms with Gasteiger partial charge in [0.15, 0.2) is 0 Å². The largest absolute Gasteiger partial charge is 0.496 e. The fourth-order valence-corrected chi connectivity index (χ4v) is 3.45. The smallest absolute Gasteiger partial charge is 0.127 e. The summed E-state index contributed by atoms with van der Waals surface area (Å²) in [5.41, 5.74) is 4.70. The molecule has 0 saturated carbocycles. The van der Waals surface area contributed by atoms with Crippen LogP contribution < -0.4 is 10.1 Å². The standard InChI is InChI=1S/C17H19Br2NO/c1-10-9-14(19)11(2)15(17(10)21-4)16(20-3)12-5-7-13(18)8-6-12/h5-9,16,20H,1-4H3. The third-order valence-corrected chi connectivity index (χ3v) is 5.05. The van der Waals surface area contributed by atoms with E-state index in [1.165, 1.54) is 16.7 Å². The van der Waals surface area contributed by atoms with Gasteiger partial charge in [-0.3, -0.25) is 0 Å². The molecule has 0 spiro atoms. The molecule has 21 heavy (non-hydrogen) atoms. The highest BCUT2D eigenvalue weighted by atomic mass is 79.9. The number of methoxy groups -OCH3 is 1. The van der Waals surface area contributed by atoms with E-state index in [1.54, 1.807) is 7.11 Å². The van der Waals surface area contributed by atoms with E-state index in [0.29, 0.717) is 0 Å². The number of aryl methyl sites for hydroxylation is 1. The SMILES string of the molecule is CNC(c1ccc(Br)cc1)c1c(C)c(Br)cc(C)c1OC. The summed E-state index contributed by atoms with van der Waals surface area (Å²) < 4.78 is 7.85. The van der Waals surface area contributed by atoms with Crippen molar-refractivity contribution < 1.29 is 4.74 Å². The predicted molar refractivity (Wildman–Crippen MR) is 95.2 cm³/mol. The molecule has 0 heterocycles. The summed E-state index contributed by atoms with van der Waals surface area (Å²) in [6, 6.07) is 10.6. The highest BCUT2D eigenvalue weighted by Crippen LogP contribution is 2.38. The van der Waals surface area contributed by atoms with E-state index in [9.17, 15) is 0 Å². The molecule has 2 aromatic rings. The topological polar surface area (TPSA) is 21.3 Å². The van der Waals surface area contributed by atoms with Crippen LogP contribution >= 0.6 is 31.9 Å². The molecule has 0 fully saturated rings. The van der Waals surface area contributed by atoms with E-state index < -0.39 is 0 Å². The molecule has 2 nitrogen and oxygen atoms in total. The van der Waals surface area contributed by atoms with Crippen LogP contribution in [0.15, 0.2) is 39.3 Å². The van der Waals surface area contributed by atoms with Crippen LogP contribution in [0.25, 0.3) is 0 Å². The Morgan fingerprint density at radius 1 is 1.10 bits per heavy atom. The molecule has 0 saturated heterocycles. The molecule has 0 amide bonds. The van der Waals surface area contributed by atoms with Gasteiger partial charge in [0.2, 0.25) is 0 Å². The molecule has 0 aliphatic rings. The molecule has 0 aliphatic heterocycles. The van der Waals surface area contributed by atoms with E-state index in [0.717, 1.165) is 20.3 Å². The Kier molecular flexibility index (Phi) is 5.47. The molecule has 1 N–H and O–H groups in total. The number of hydrogen-bond donors (Lipinski definition) is 1. The molecule has 2 aromatic carbocycles. The van der Waals surface area contributed by atoms with Gasteiger partial charge in [0.1, 0.15) is 5.75 Å². The molecular weight excluding hydrogens is 394 g/mol. The molecule has 0 aliphatic carbocycles. The predicted octanol–water partition coefficient (Wildman–Crippen LogP) is 5.15. The molecule has 0 bridgehead atoms. The molecular formula is C17H19Br2NO. The Hall–Kier alpha value is -0.840. The molecule has 0 radical (unpaired) electrons. The molecule has 112 valence electrons. The van der Waals surface area contributed by atoms with Crippen LogP contribution in [0.2, 0.25) is 0 Å². The summed E-state index contributed by atoms with van der Waals surface area (Å²) in [5, 5.41) is 3.41. The number of nitrogens with one attached hydrogen (secondary N) is 1. The third-order valence-electron chi connectivity index (χ3n) is 3.69. The molecule has 0 aromatic heterocycles. The fourth-order valence-electron chi connectivity index (χ4n) is 2.63. The average Bonchev–Trinajstić information content (AvgIpc) is 2.46. The van der Waals surface area contributed by atoms with Crippen LogP contribution in [0, 0.1) is 13.8 Å². The van der Waals surface area contributed by atoms with Crippen LogP contribution in [0.1, 0.15) is 28.3 Å². The number of hydrogen-bond acceptors (Lipinski definition) is 2. The second kappa shape index (κ2) is 6.95. The van der Waals surface area contributed by atoms with Crippen molar-refractivity contribution >= 4 is 31.9 Å². The Morgan fingerprint density at radius 3 is 2.24 bits per heavy atom. The molecule has 4 heteroatoms. The zero-order valence-corrected chi connectivity index (χ0v) is 15.8. The van der Waals surface area contributed by atoms with Gasteiger partial charge in [-0.05, 0) is 55.8 Å². The van der Waals surface area contributed by atoms with Crippen molar-refractivity contribution in [1.82, 2.24) is 5.32 Å². The van der Waals surface area contributed by atoms with Gasteiger partial charge in [0, 0.05) is 14.5 Å². The van der Waals surface area contributed by atoms with Gasteiger partial charge in [0.05, 0.1) is 13.2 Å². The zero-order chi connectivity index (χ0) is 15.6. The first-order chi connectivity index (χ1) is 9.99. The van der Waals surface area contributed by atoms with Crippen molar-refractivity contribution in [3.05, 3.63) is 61.5 Å². The van der Waals surface area contributed by atoms with Crippen molar-refractivity contribution in [3.63, 3.8) is 0 Å². The fraction of sp³-hybridized carbons (Fsp3) is 0.294. The van der Waals surface area contributed by atoms with E-state index in [2.05, 4.69) is 81.4 Å². The number of rotatable bonds is 4. The maximum atomic E-state index is 5.67. The number of ether oxygens (including phenoxy) is 1. The van der Waals surface area contributed by atoms with Crippen molar-refractivity contribution in [2.24, 2.45) is 0 Å². The van der Waals surface area contributed by atoms with E-state index in [1.807, 2.05) is 7.05 Å². The van der Waals surface area contributed by atoms with Gasteiger partial charge in [0.25, 0.3) is 0 Å². The second-order valence-corrected chi connectivity index (χ2v) is 6.79. The summed E-state index contributed by atoms with van der Waals surface area (Å²) in [6.07, 6.45) is 0. The lowest BCUT2D eigenvalue weighted by atomic mass is 9.92. The molecule has 1 atom stereocenters. The van der Waals surface area contributed by atoms with Crippen LogP contribution in [0.5, 0.6) is 5.75 Å². The first-order valence-corrected chi connectivity index (χ1v) is 8.34. The summed E-state index contributed by atoms with van der Waals surface area (Å²) in [4.78, 5) is 0. The van der Waals surface area contributed by atoms with Gasteiger partial charge in [-0.15, -0.1) is 0 Å². The Balaban J connectivity index is 2.64.